The van der Waals surface area contributed by atoms with Crippen LogP contribution in [-0.4, -0.2) is 7.05 Å². The molecule has 0 fully saturated rings. The molecule has 2 aromatic rings. The molecule has 0 saturated carbocycles. The van der Waals surface area contributed by atoms with E-state index in [4.69, 9.17) is 0 Å². The van der Waals surface area contributed by atoms with Gasteiger partial charge in [-0.2, -0.15) is 0 Å². The molecule has 0 aromatic heterocycles. The lowest BCUT2D eigenvalue weighted by atomic mass is 10.1. The maximum atomic E-state index is 3.33. The van der Waals surface area contributed by atoms with Gasteiger partial charge in [0.2, 0.25) is 0 Å². The van der Waals surface area contributed by atoms with Gasteiger partial charge in [0.25, 0.3) is 0 Å². The maximum absolute atomic E-state index is 3.33. The van der Waals surface area contributed by atoms with E-state index in [0.29, 0.717) is 6.04 Å². The monoisotopic (exact) mass is 257 g/mol. The molecule has 2 rings (SSSR count). The Kier molecular flexibility index (Phi) is 4.85. The normalized spacial score (nSPS) is 12.3. The van der Waals surface area contributed by atoms with Gasteiger partial charge in [0.1, 0.15) is 0 Å². The van der Waals surface area contributed by atoms with Crippen LogP contribution in [0.25, 0.3) is 0 Å². The van der Waals surface area contributed by atoms with Crippen LogP contribution in [0.5, 0.6) is 0 Å². The largest absolute Gasteiger partial charge is 0.313 e. The van der Waals surface area contributed by atoms with Gasteiger partial charge in [-0.25, -0.2) is 0 Å². The van der Waals surface area contributed by atoms with Gasteiger partial charge >= 0.3 is 0 Å². The van der Waals surface area contributed by atoms with E-state index in [9.17, 15) is 0 Å². The van der Waals surface area contributed by atoms with E-state index in [-0.39, 0.29) is 0 Å². The van der Waals surface area contributed by atoms with Crippen molar-refractivity contribution >= 4 is 11.8 Å². The second-order valence-electron chi connectivity index (χ2n) is 4.23. The molecule has 0 amide bonds. The van der Waals surface area contributed by atoms with Crippen LogP contribution < -0.4 is 5.32 Å². The third-order valence-corrected chi connectivity index (χ3v) is 4.03. The molecular formula is C16H19NS. The maximum Gasteiger partial charge on any atom is 0.0314 e. The Labute approximate surface area is 114 Å². The molecule has 18 heavy (non-hydrogen) atoms. The second-order valence-corrected chi connectivity index (χ2v) is 5.38. The zero-order valence-electron chi connectivity index (χ0n) is 10.9. The van der Waals surface area contributed by atoms with Crippen molar-refractivity contribution in [1.82, 2.24) is 5.32 Å². The van der Waals surface area contributed by atoms with Crippen molar-refractivity contribution in [1.29, 1.82) is 0 Å². The average molecular weight is 257 g/mol. The van der Waals surface area contributed by atoms with Crippen molar-refractivity contribution < 1.29 is 0 Å². The summed E-state index contributed by atoms with van der Waals surface area (Å²) >= 11 is 1.80. The quantitative estimate of drug-likeness (QED) is 0.846. The lowest BCUT2D eigenvalue weighted by Gasteiger charge is -2.14. The molecule has 0 aliphatic heterocycles. The fourth-order valence-corrected chi connectivity index (χ4v) is 2.84. The summed E-state index contributed by atoms with van der Waals surface area (Å²) in [4.78, 5) is 2.57. The predicted octanol–water partition coefficient (Wildman–Crippen LogP) is 4.51. The van der Waals surface area contributed by atoms with Crippen LogP contribution in [0.15, 0.2) is 64.4 Å². The lowest BCUT2D eigenvalue weighted by Crippen LogP contribution is -2.14. The summed E-state index contributed by atoms with van der Waals surface area (Å²) in [6.45, 7) is 2.20. The Hall–Kier alpha value is -1.25. The van der Waals surface area contributed by atoms with Gasteiger partial charge in [0.05, 0.1) is 0 Å². The molecule has 1 N–H and O–H groups in total. The molecule has 1 unspecified atom stereocenters. The minimum absolute atomic E-state index is 0.459. The third kappa shape index (κ3) is 3.37. The van der Waals surface area contributed by atoms with Crippen molar-refractivity contribution in [3.8, 4) is 0 Å². The molecule has 0 bridgehead atoms. The van der Waals surface area contributed by atoms with Gasteiger partial charge < -0.3 is 5.32 Å². The highest BCUT2D eigenvalue weighted by atomic mass is 32.2. The van der Waals surface area contributed by atoms with E-state index in [2.05, 4.69) is 60.8 Å². The number of benzene rings is 2. The van der Waals surface area contributed by atoms with E-state index in [1.165, 1.54) is 15.4 Å². The van der Waals surface area contributed by atoms with Crippen molar-refractivity contribution in [3.63, 3.8) is 0 Å². The van der Waals surface area contributed by atoms with Gasteiger partial charge in [0, 0.05) is 15.8 Å². The summed E-state index contributed by atoms with van der Waals surface area (Å²) < 4.78 is 0. The van der Waals surface area contributed by atoms with E-state index in [1.54, 1.807) is 11.8 Å². The summed E-state index contributed by atoms with van der Waals surface area (Å²) in [5.74, 6) is 0. The van der Waals surface area contributed by atoms with Gasteiger partial charge in [-0.1, -0.05) is 49.0 Å². The fourth-order valence-electron chi connectivity index (χ4n) is 2.00. The van der Waals surface area contributed by atoms with Crippen LogP contribution in [-0.2, 0) is 0 Å². The number of nitrogens with one attached hydrogen (secondary N) is 1. The Morgan fingerprint density at radius 3 is 2.11 bits per heavy atom. The smallest absolute Gasteiger partial charge is 0.0314 e. The Bertz CT molecular complexity index is 460. The first kappa shape index (κ1) is 13.2. The van der Waals surface area contributed by atoms with Crippen LogP contribution in [0, 0.1) is 0 Å². The summed E-state index contributed by atoms with van der Waals surface area (Å²) in [6.07, 6.45) is 1.11. The molecule has 0 aliphatic carbocycles. The van der Waals surface area contributed by atoms with Gasteiger partial charge in [-0.3, -0.25) is 0 Å². The second kappa shape index (κ2) is 6.62. The Morgan fingerprint density at radius 1 is 0.944 bits per heavy atom. The van der Waals surface area contributed by atoms with Crippen LogP contribution >= 0.6 is 11.8 Å². The highest BCUT2D eigenvalue weighted by Gasteiger charge is 2.05. The summed E-state index contributed by atoms with van der Waals surface area (Å²) in [6, 6.07) is 19.8. The number of rotatable bonds is 5. The average Bonchev–Trinajstić information content (AvgIpc) is 2.43. The highest BCUT2D eigenvalue weighted by Crippen LogP contribution is 2.28. The minimum atomic E-state index is 0.459. The zero-order chi connectivity index (χ0) is 12.8. The molecule has 0 spiro atoms. The summed E-state index contributed by atoms with van der Waals surface area (Å²) in [7, 11) is 2.01. The van der Waals surface area contributed by atoms with E-state index < -0.39 is 0 Å². The van der Waals surface area contributed by atoms with E-state index >= 15 is 0 Å². The Balaban J connectivity index is 2.08. The molecular weight excluding hydrogens is 238 g/mol. The molecule has 0 aliphatic rings. The van der Waals surface area contributed by atoms with Crippen molar-refractivity contribution in [2.45, 2.75) is 29.2 Å². The molecule has 1 atom stereocenters. The molecule has 2 heteroatoms. The zero-order valence-corrected chi connectivity index (χ0v) is 11.7. The molecule has 1 nitrogen and oxygen atoms in total. The van der Waals surface area contributed by atoms with Crippen LogP contribution in [0.1, 0.15) is 24.9 Å². The summed E-state index contributed by atoms with van der Waals surface area (Å²) in [5, 5.41) is 3.33. The van der Waals surface area contributed by atoms with Crippen molar-refractivity contribution in [2.24, 2.45) is 0 Å². The van der Waals surface area contributed by atoms with E-state index in [1.807, 2.05) is 13.1 Å². The van der Waals surface area contributed by atoms with Gasteiger partial charge in [-0.15, -0.1) is 0 Å². The third-order valence-electron chi connectivity index (χ3n) is 3.02. The standard InChI is InChI=1S/C16H19NS/c1-3-16(17-2)13-9-11-15(12-10-13)18-14-7-5-4-6-8-14/h4-12,16-17H,3H2,1-2H3. The lowest BCUT2D eigenvalue weighted by molar-refractivity contribution is 0.576. The molecule has 0 radical (unpaired) electrons. The SMILES string of the molecule is CCC(NC)c1ccc(Sc2ccccc2)cc1. The first-order chi connectivity index (χ1) is 8.83. The van der Waals surface area contributed by atoms with Crippen LogP contribution in [0.3, 0.4) is 0 Å². The molecule has 2 aromatic carbocycles. The first-order valence-corrected chi connectivity index (χ1v) is 7.15. The highest BCUT2D eigenvalue weighted by molar-refractivity contribution is 7.99. The topological polar surface area (TPSA) is 12.0 Å². The van der Waals surface area contributed by atoms with Crippen molar-refractivity contribution in [2.75, 3.05) is 7.05 Å². The minimum Gasteiger partial charge on any atom is -0.313 e. The van der Waals surface area contributed by atoms with E-state index in [0.717, 1.165) is 6.42 Å². The van der Waals surface area contributed by atoms with Gasteiger partial charge in [0.15, 0.2) is 0 Å². The van der Waals surface area contributed by atoms with Crippen LogP contribution in [0.2, 0.25) is 0 Å². The van der Waals surface area contributed by atoms with Gasteiger partial charge in [-0.05, 0) is 43.3 Å². The number of hydrogen-bond donors (Lipinski definition) is 1. The predicted molar refractivity (Wildman–Crippen MR) is 79.1 cm³/mol. The Morgan fingerprint density at radius 2 is 1.56 bits per heavy atom. The summed E-state index contributed by atoms with van der Waals surface area (Å²) in [5.41, 5.74) is 1.36. The van der Waals surface area contributed by atoms with Crippen LogP contribution in [0.4, 0.5) is 0 Å². The molecule has 0 heterocycles. The molecule has 0 saturated heterocycles. The molecule has 94 valence electrons. The first-order valence-electron chi connectivity index (χ1n) is 6.33. The fraction of sp³-hybridized carbons (Fsp3) is 0.250. The number of hydrogen-bond acceptors (Lipinski definition) is 2. The van der Waals surface area contributed by atoms with Crippen molar-refractivity contribution in [3.05, 3.63) is 60.2 Å².